The first-order valence-corrected chi connectivity index (χ1v) is 8.64. The van der Waals surface area contributed by atoms with Crippen molar-refractivity contribution in [1.29, 1.82) is 0 Å². The Morgan fingerprint density at radius 1 is 0.680 bits per heavy atom. The molecule has 3 heteroatoms. The number of ether oxygens (including phenoxy) is 1. The van der Waals surface area contributed by atoms with E-state index in [1.54, 1.807) is 0 Å². The largest absolute Gasteiger partial charge is 0.457 e. The van der Waals surface area contributed by atoms with Crippen LogP contribution in [0, 0.1) is 0 Å². The highest BCUT2D eigenvalue weighted by Crippen LogP contribution is 2.31. The first-order valence-electron chi connectivity index (χ1n) is 8.64. The van der Waals surface area contributed by atoms with Crippen molar-refractivity contribution in [1.82, 2.24) is 0 Å². The summed E-state index contributed by atoms with van der Waals surface area (Å²) in [6, 6.07) is 23.9. The summed E-state index contributed by atoms with van der Waals surface area (Å²) in [6.45, 7) is 2.21. The molecule has 0 spiro atoms. The third-order valence-electron chi connectivity index (χ3n) is 4.31. The number of hydrogen-bond donors (Lipinski definition) is 2. The van der Waals surface area contributed by atoms with Crippen molar-refractivity contribution in [3.8, 4) is 11.5 Å². The number of benzene rings is 3. The molecule has 0 aliphatic heterocycles. The molecular weight excluding hydrogens is 308 g/mol. The van der Waals surface area contributed by atoms with Gasteiger partial charge in [0.2, 0.25) is 0 Å². The van der Waals surface area contributed by atoms with Crippen molar-refractivity contribution in [2.24, 2.45) is 0 Å². The minimum atomic E-state index is 0.371. The fourth-order valence-corrected chi connectivity index (χ4v) is 2.98. The van der Waals surface area contributed by atoms with Crippen molar-refractivity contribution in [2.45, 2.75) is 25.7 Å². The Morgan fingerprint density at radius 2 is 1.08 bits per heavy atom. The molecule has 0 heterocycles. The molecule has 0 saturated carbocycles. The van der Waals surface area contributed by atoms with Gasteiger partial charge in [-0.1, -0.05) is 37.6 Å². The van der Waals surface area contributed by atoms with E-state index in [0.717, 1.165) is 35.7 Å². The van der Waals surface area contributed by atoms with Crippen molar-refractivity contribution in [2.75, 3.05) is 11.5 Å². The molecule has 0 fully saturated rings. The van der Waals surface area contributed by atoms with Crippen LogP contribution in [0.5, 0.6) is 11.5 Å². The van der Waals surface area contributed by atoms with E-state index >= 15 is 0 Å². The molecule has 1 atom stereocenters. The van der Waals surface area contributed by atoms with Crippen LogP contribution in [0.4, 0.5) is 11.4 Å². The third-order valence-corrected chi connectivity index (χ3v) is 4.31. The molecule has 128 valence electrons. The Hall–Kier alpha value is -2.94. The predicted molar refractivity (Wildman–Crippen MR) is 105 cm³/mol. The lowest BCUT2D eigenvalue weighted by Gasteiger charge is -2.18. The second kappa shape index (κ2) is 7.75. The lowest BCUT2D eigenvalue weighted by atomic mass is 9.87. The molecule has 25 heavy (non-hydrogen) atoms. The van der Waals surface area contributed by atoms with Crippen molar-refractivity contribution < 1.29 is 4.74 Å². The van der Waals surface area contributed by atoms with Gasteiger partial charge in [-0.3, -0.25) is 0 Å². The van der Waals surface area contributed by atoms with Gasteiger partial charge in [0.15, 0.2) is 0 Å². The van der Waals surface area contributed by atoms with Crippen LogP contribution in [0.15, 0.2) is 72.8 Å². The number of anilines is 2. The lowest BCUT2D eigenvalue weighted by molar-refractivity contribution is 0.482. The molecule has 0 saturated heterocycles. The van der Waals surface area contributed by atoms with Crippen LogP contribution in [-0.4, -0.2) is 0 Å². The molecule has 0 aliphatic carbocycles. The average Bonchev–Trinajstić information content (AvgIpc) is 2.63. The SMILES string of the molecule is CCCC(c1ccc(N)cc1)c1ccc(Oc2ccc(N)cc2)cc1. The predicted octanol–water partition coefficient (Wildman–Crippen LogP) is 5.58. The smallest absolute Gasteiger partial charge is 0.127 e. The van der Waals surface area contributed by atoms with Crippen LogP contribution in [0.2, 0.25) is 0 Å². The Morgan fingerprint density at radius 3 is 1.56 bits per heavy atom. The quantitative estimate of drug-likeness (QED) is 0.580. The van der Waals surface area contributed by atoms with Gasteiger partial charge in [0.25, 0.3) is 0 Å². The maximum absolute atomic E-state index is 5.88. The standard InChI is InChI=1S/C22H24N2O/c1-2-3-22(16-4-8-18(23)9-5-16)17-6-12-20(13-7-17)25-21-14-10-19(24)11-15-21/h4-15,22H,2-3,23-24H2,1H3. The van der Waals surface area contributed by atoms with Gasteiger partial charge in [0.05, 0.1) is 0 Å². The van der Waals surface area contributed by atoms with Gasteiger partial charge in [-0.05, 0) is 66.1 Å². The molecule has 3 aromatic rings. The van der Waals surface area contributed by atoms with E-state index in [4.69, 9.17) is 16.2 Å². The summed E-state index contributed by atoms with van der Waals surface area (Å²) in [7, 11) is 0. The summed E-state index contributed by atoms with van der Waals surface area (Å²) in [6.07, 6.45) is 2.22. The highest BCUT2D eigenvalue weighted by molar-refractivity contribution is 5.45. The van der Waals surface area contributed by atoms with Gasteiger partial charge in [0, 0.05) is 17.3 Å². The average molecular weight is 332 g/mol. The molecule has 0 aromatic heterocycles. The van der Waals surface area contributed by atoms with Crippen molar-refractivity contribution in [3.05, 3.63) is 83.9 Å². The second-order valence-electron chi connectivity index (χ2n) is 6.25. The fraction of sp³-hybridized carbons (Fsp3) is 0.182. The Balaban J connectivity index is 1.78. The third kappa shape index (κ3) is 4.32. The second-order valence-corrected chi connectivity index (χ2v) is 6.25. The minimum absolute atomic E-state index is 0.371. The molecule has 4 N–H and O–H groups in total. The molecule has 0 radical (unpaired) electrons. The van der Waals surface area contributed by atoms with Crippen LogP contribution in [-0.2, 0) is 0 Å². The van der Waals surface area contributed by atoms with Gasteiger partial charge in [0.1, 0.15) is 11.5 Å². The Kier molecular flexibility index (Phi) is 5.24. The number of nitrogen functional groups attached to an aromatic ring is 2. The maximum Gasteiger partial charge on any atom is 0.127 e. The zero-order valence-electron chi connectivity index (χ0n) is 14.5. The molecule has 1 unspecified atom stereocenters. The van der Waals surface area contributed by atoms with Crippen molar-refractivity contribution in [3.63, 3.8) is 0 Å². The number of nitrogens with two attached hydrogens (primary N) is 2. The molecule has 3 rings (SSSR count). The summed E-state index contributed by atoms with van der Waals surface area (Å²) in [5.74, 6) is 1.97. The van der Waals surface area contributed by atoms with Crippen LogP contribution < -0.4 is 16.2 Å². The number of rotatable bonds is 6. The van der Waals surface area contributed by atoms with E-state index in [2.05, 4.69) is 31.2 Å². The molecule has 0 bridgehead atoms. The van der Waals surface area contributed by atoms with Gasteiger partial charge in [-0.15, -0.1) is 0 Å². The monoisotopic (exact) mass is 332 g/mol. The van der Waals surface area contributed by atoms with Gasteiger partial charge in [-0.2, -0.15) is 0 Å². The van der Waals surface area contributed by atoms with E-state index in [0.29, 0.717) is 5.92 Å². The summed E-state index contributed by atoms with van der Waals surface area (Å²) >= 11 is 0. The van der Waals surface area contributed by atoms with Crippen LogP contribution in [0.3, 0.4) is 0 Å². The molecule has 0 aliphatic rings. The minimum Gasteiger partial charge on any atom is -0.457 e. The highest BCUT2D eigenvalue weighted by atomic mass is 16.5. The summed E-state index contributed by atoms with van der Waals surface area (Å²) in [4.78, 5) is 0. The zero-order chi connectivity index (χ0) is 17.6. The summed E-state index contributed by atoms with van der Waals surface area (Å²) in [5, 5.41) is 0. The van der Waals surface area contributed by atoms with Gasteiger partial charge >= 0.3 is 0 Å². The van der Waals surface area contributed by atoms with Crippen LogP contribution >= 0.6 is 0 Å². The van der Waals surface area contributed by atoms with Crippen LogP contribution in [0.25, 0.3) is 0 Å². The van der Waals surface area contributed by atoms with E-state index < -0.39 is 0 Å². The van der Waals surface area contributed by atoms with E-state index in [1.807, 2.05) is 48.5 Å². The van der Waals surface area contributed by atoms with Crippen molar-refractivity contribution >= 4 is 11.4 Å². The molecule has 3 aromatic carbocycles. The van der Waals surface area contributed by atoms with Gasteiger partial charge < -0.3 is 16.2 Å². The topological polar surface area (TPSA) is 61.3 Å². The summed E-state index contributed by atoms with van der Waals surface area (Å²) < 4.78 is 5.88. The Labute approximate surface area is 149 Å². The van der Waals surface area contributed by atoms with Gasteiger partial charge in [-0.25, -0.2) is 0 Å². The molecular formula is C22H24N2O. The van der Waals surface area contributed by atoms with Crippen LogP contribution in [0.1, 0.15) is 36.8 Å². The fourth-order valence-electron chi connectivity index (χ4n) is 2.98. The van der Waals surface area contributed by atoms with E-state index in [9.17, 15) is 0 Å². The Bertz CT molecular complexity index is 793. The van der Waals surface area contributed by atoms with E-state index in [1.165, 1.54) is 11.1 Å². The van der Waals surface area contributed by atoms with E-state index in [-0.39, 0.29) is 0 Å². The molecule has 0 amide bonds. The molecule has 3 nitrogen and oxygen atoms in total. The number of hydrogen-bond acceptors (Lipinski definition) is 3. The highest BCUT2D eigenvalue weighted by Gasteiger charge is 2.13. The maximum atomic E-state index is 5.88. The first kappa shape index (κ1) is 16.9. The summed E-state index contributed by atoms with van der Waals surface area (Å²) in [5.41, 5.74) is 15.6. The first-order chi connectivity index (χ1) is 12.2. The normalized spacial score (nSPS) is 11.9. The zero-order valence-corrected chi connectivity index (χ0v) is 14.5. The lowest BCUT2D eigenvalue weighted by Crippen LogP contribution is -2.01.